The molecule has 14 heavy (non-hydrogen) atoms. The summed E-state index contributed by atoms with van der Waals surface area (Å²) >= 11 is 5.86. The van der Waals surface area contributed by atoms with Crippen LogP contribution in [0.5, 0.6) is 5.75 Å². The van der Waals surface area contributed by atoms with Crippen LogP contribution in [-0.4, -0.2) is 5.11 Å². The molecule has 0 heterocycles. The molecule has 0 unspecified atom stereocenters. The molecule has 0 aromatic heterocycles. The predicted octanol–water partition coefficient (Wildman–Crippen LogP) is 2.91. The largest absolute Gasteiger partial charge is 0.508 e. The van der Waals surface area contributed by atoms with Crippen LogP contribution in [0.3, 0.4) is 0 Å². The molecule has 1 aliphatic carbocycles. The van der Waals surface area contributed by atoms with Crippen LogP contribution in [0.2, 0.25) is 5.02 Å². The number of phenolic OH excluding ortho intramolecular Hbond substituents is 1. The summed E-state index contributed by atoms with van der Waals surface area (Å²) in [7, 11) is 0. The van der Waals surface area contributed by atoms with E-state index in [1.54, 1.807) is 0 Å². The Morgan fingerprint density at radius 3 is 2.64 bits per heavy atom. The first kappa shape index (κ1) is 9.36. The molecule has 72 valence electrons. The van der Waals surface area contributed by atoms with E-state index in [1.165, 1.54) is 6.07 Å². The summed E-state index contributed by atoms with van der Waals surface area (Å²) in [6.07, 6.45) is 1.66. The van der Waals surface area contributed by atoms with Gasteiger partial charge in [-0.2, -0.15) is 5.26 Å². The number of aryl methyl sites for hydroxylation is 1. The maximum Gasteiger partial charge on any atom is 0.121 e. The molecule has 3 heteroatoms. The molecule has 0 aliphatic heterocycles. The Morgan fingerprint density at radius 2 is 2.14 bits per heavy atom. The van der Waals surface area contributed by atoms with Crippen LogP contribution in [0.1, 0.15) is 24.0 Å². The van der Waals surface area contributed by atoms with Gasteiger partial charge in [-0.15, -0.1) is 0 Å². The third kappa shape index (κ3) is 1.25. The van der Waals surface area contributed by atoms with E-state index in [9.17, 15) is 5.11 Å². The first-order valence-corrected chi connectivity index (χ1v) is 4.88. The number of nitrogens with zero attached hydrogens (tertiary/aromatic N) is 1. The summed E-state index contributed by atoms with van der Waals surface area (Å²) in [5, 5.41) is 19.2. The maximum absolute atomic E-state index is 9.69. The van der Waals surface area contributed by atoms with Gasteiger partial charge in [0.2, 0.25) is 0 Å². The second-order valence-corrected chi connectivity index (χ2v) is 4.22. The van der Waals surface area contributed by atoms with Gasteiger partial charge in [0.1, 0.15) is 5.75 Å². The number of nitriles is 1. The molecule has 1 aromatic rings. The van der Waals surface area contributed by atoms with Gasteiger partial charge in [0.05, 0.1) is 11.5 Å². The number of benzene rings is 1. The molecule has 2 nitrogen and oxygen atoms in total. The van der Waals surface area contributed by atoms with E-state index in [-0.39, 0.29) is 5.75 Å². The van der Waals surface area contributed by atoms with Crippen molar-refractivity contribution in [3.8, 4) is 11.8 Å². The quantitative estimate of drug-likeness (QED) is 0.770. The minimum Gasteiger partial charge on any atom is -0.508 e. The second kappa shape index (κ2) is 2.90. The summed E-state index contributed by atoms with van der Waals surface area (Å²) in [6.45, 7) is 1.87. The molecule has 0 radical (unpaired) electrons. The van der Waals surface area contributed by atoms with Crippen molar-refractivity contribution in [2.75, 3.05) is 0 Å². The Labute approximate surface area is 87.7 Å². The number of aromatic hydroxyl groups is 1. The van der Waals surface area contributed by atoms with Crippen LogP contribution in [0, 0.1) is 18.3 Å². The van der Waals surface area contributed by atoms with Crippen LogP contribution in [0.4, 0.5) is 0 Å². The normalized spacial score (nSPS) is 17.5. The summed E-state index contributed by atoms with van der Waals surface area (Å²) < 4.78 is 0. The molecule has 1 saturated carbocycles. The summed E-state index contributed by atoms with van der Waals surface area (Å²) in [5.74, 6) is 0.139. The van der Waals surface area contributed by atoms with Gasteiger partial charge in [0.15, 0.2) is 0 Å². The zero-order chi connectivity index (χ0) is 10.3. The summed E-state index contributed by atoms with van der Waals surface area (Å²) in [5.41, 5.74) is 1.18. The predicted molar refractivity (Wildman–Crippen MR) is 54.4 cm³/mol. The zero-order valence-electron chi connectivity index (χ0n) is 7.84. The standard InChI is InChI=1S/C11H10ClNO/c1-7-4-8(10(14)5-9(7)12)11(6-13)2-3-11/h4-5,14H,2-3H2,1H3. The second-order valence-electron chi connectivity index (χ2n) is 3.81. The minimum atomic E-state index is -0.445. The molecule has 0 saturated heterocycles. The molecule has 1 fully saturated rings. The highest BCUT2D eigenvalue weighted by Gasteiger charge is 2.46. The average molecular weight is 208 g/mol. The van der Waals surface area contributed by atoms with E-state index in [2.05, 4.69) is 6.07 Å². The molecule has 0 spiro atoms. The van der Waals surface area contributed by atoms with Crippen molar-refractivity contribution in [3.05, 3.63) is 28.3 Å². The van der Waals surface area contributed by atoms with Gasteiger partial charge in [-0.25, -0.2) is 0 Å². The lowest BCUT2D eigenvalue weighted by Gasteiger charge is -2.10. The minimum absolute atomic E-state index is 0.139. The van der Waals surface area contributed by atoms with Crippen molar-refractivity contribution in [1.29, 1.82) is 5.26 Å². The van der Waals surface area contributed by atoms with Crippen LogP contribution in [0.15, 0.2) is 12.1 Å². The third-order valence-corrected chi connectivity index (χ3v) is 3.16. The number of halogens is 1. The fourth-order valence-corrected chi connectivity index (χ4v) is 1.78. The molecule has 1 N–H and O–H groups in total. The first-order valence-electron chi connectivity index (χ1n) is 4.50. The highest BCUT2D eigenvalue weighted by molar-refractivity contribution is 6.31. The van der Waals surface area contributed by atoms with Gasteiger partial charge in [-0.3, -0.25) is 0 Å². The zero-order valence-corrected chi connectivity index (χ0v) is 8.60. The monoisotopic (exact) mass is 207 g/mol. The molecule has 0 amide bonds. The molecule has 0 bridgehead atoms. The third-order valence-electron chi connectivity index (χ3n) is 2.76. The SMILES string of the molecule is Cc1cc(C2(C#N)CC2)c(O)cc1Cl. The average Bonchev–Trinajstić information content (AvgIpc) is 2.92. The van der Waals surface area contributed by atoms with Gasteiger partial charge in [0, 0.05) is 10.6 Å². The Morgan fingerprint density at radius 1 is 1.50 bits per heavy atom. The lowest BCUT2D eigenvalue weighted by atomic mass is 9.95. The van der Waals surface area contributed by atoms with E-state index in [1.807, 2.05) is 13.0 Å². The maximum atomic E-state index is 9.69. The van der Waals surface area contributed by atoms with Crippen molar-refractivity contribution in [2.24, 2.45) is 0 Å². The molecular formula is C11H10ClNO. The van der Waals surface area contributed by atoms with Crippen molar-refractivity contribution in [1.82, 2.24) is 0 Å². The first-order chi connectivity index (χ1) is 6.59. The van der Waals surface area contributed by atoms with Crippen molar-refractivity contribution < 1.29 is 5.11 Å². The smallest absolute Gasteiger partial charge is 0.121 e. The lowest BCUT2D eigenvalue weighted by Crippen LogP contribution is -2.03. The van der Waals surface area contributed by atoms with E-state index in [0.717, 1.165) is 24.0 Å². The van der Waals surface area contributed by atoms with Crippen molar-refractivity contribution in [2.45, 2.75) is 25.2 Å². The Kier molecular flexibility index (Phi) is 1.94. The Balaban J connectivity index is 2.55. The highest BCUT2D eigenvalue weighted by atomic mass is 35.5. The fraction of sp³-hybridized carbons (Fsp3) is 0.364. The van der Waals surface area contributed by atoms with E-state index in [0.29, 0.717) is 5.02 Å². The van der Waals surface area contributed by atoms with Gasteiger partial charge in [-0.05, 0) is 37.5 Å². The Hall–Kier alpha value is -1.20. The number of hydrogen-bond donors (Lipinski definition) is 1. The van der Waals surface area contributed by atoms with Crippen molar-refractivity contribution in [3.63, 3.8) is 0 Å². The van der Waals surface area contributed by atoms with Crippen LogP contribution in [0.25, 0.3) is 0 Å². The summed E-state index contributed by atoms with van der Waals surface area (Å²) in [6, 6.07) is 5.58. The molecule has 0 atom stereocenters. The van der Waals surface area contributed by atoms with Gasteiger partial charge in [-0.1, -0.05) is 11.6 Å². The number of rotatable bonds is 1. The highest BCUT2D eigenvalue weighted by Crippen LogP contribution is 2.51. The number of phenols is 1. The van der Waals surface area contributed by atoms with Crippen LogP contribution < -0.4 is 0 Å². The van der Waals surface area contributed by atoms with Gasteiger partial charge >= 0.3 is 0 Å². The van der Waals surface area contributed by atoms with E-state index >= 15 is 0 Å². The number of hydrogen-bond acceptors (Lipinski definition) is 2. The molecule has 1 aromatic carbocycles. The Bertz CT molecular complexity index is 430. The van der Waals surface area contributed by atoms with Crippen molar-refractivity contribution >= 4 is 11.6 Å². The lowest BCUT2D eigenvalue weighted by molar-refractivity contribution is 0.464. The van der Waals surface area contributed by atoms with E-state index < -0.39 is 5.41 Å². The topological polar surface area (TPSA) is 44.0 Å². The molecule has 2 rings (SSSR count). The van der Waals surface area contributed by atoms with Crippen LogP contribution >= 0.6 is 11.6 Å². The fourth-order valence-electron chi connectivity index (χ4n) is 1.62. The molecular weight excluding hydrogens is 198 g/mol. The van der Waals surface area contributed by atoms with E-state index in [4.69, 9.17) is 16.9 Å². The van der Waals surface area contributed by atoms with Crippen LogP contribution in [-0.2, 0) is 5.41 Å². The van der Waals surface area contributed by atoms with Gasteiger partial charge < -0.3 is 5.11 Å². The molecule has 1 aliphatic rings. The summed E-state index contributed by atoms with van der Waals surface area (Å²) in [4.78, 5) is 0. The van der Waals surface area contributed by atoms with Gasteiger partial charge in [0.25, 0.3) is 0 Å².